The van der Waals surface area contributed by atoms with Crippen molar-refractivity contribution in [1.82, 2.24) is 4.90 Å². The van der Waals surface area contributed by atoms with Gasteiger partial charge < -0.3 is 14.7 Å². The predicted octanol–water partition coefficient (Wildman–Crippen LogP) is 2.81. The van der Waals surface area contributed by atoms with Crippen LogP contribution in [0.15, 0.2) is 66.0 Å². The number of ether oxygens (including phenoxy) is 1. The molecule has 5 heteroatoms. The Morgan fingerprint density at radius 2 is 1.60 bits per heavy atom. The molecule has 0 aromatic heterocycles. The number of allylic oxidation sites excluding steroid dienone is 5. The van der Waals surface area contributed by atoms with Gasteiger partial charge in [-0.1, -0.05) is 51.1 Å². The Balaban J connectivity index is 0.00000146. The Hall–Kier alpha value is -0.910. The van der Waals surface area contributed by atoms with E-state index in [2.05, 4.69) is 40.7 Å². The molecule has 1 aliphatic heterocycles. The van der Waals surface area contributed by atoms with Gasteiger partial charge in [0.15, 0.2) is 18.8 Å². The number of hydrogen-bond acceptors (Lipinski definition) is 3. The number of benzene rings is 1. The maximum Gasteiger partial charge on any atom is 2.00 e. The molecule has 0 amide bonds. The second kappa shape index (κ2) is 13.5. The average Bonchev–Trinajstić information content (AvgIpc) is 2.79. The van der Waals surface area contributed by atoms with Crippen molar-refractivity contribution in [1.29, 1.82) is 0 Å². The van der Waals surface area contributed by atoms with Gasteiger partial charge in [-0.15, -0.1) is 5.76 Å². The molecule has 3 rings (SSSR count). The smallest absolute Gasteiger partial charge is 0.874 e. The molecule has 30 heavy (non-hydrogen) atoms. The van der Waals surface area contributed by atoms with Gasteiger partial charge in [0.05, 0.1) is 0 Å². The quantitative estimate of drug-likeness (QED) is 0.405. The summed E-state index contributed by atoms with van der Waals surface area (Å²) in [6.07, 6.45) is 9.56. The summed E-state index contributed by atoms with van der Waals surface area (Å²) < 4.78 is 7.73. The minimum absolute atomic E-state index is 0. The van der Waals surface area contributed by atoms with Gasteiger partial charge >= 0.3 is 37.7 Å². The molecule has 0 bridgehead atoms. The molecule has 2 aliphatic rings. The molecular formula is C25H36CaN2O2+2. The molecule has 1 fully saturated rings. The van der Waals surface area contributed by atoms with Crippen LogP contribution < -0.4 is 5.11 Å². The van der Waals surface area contributed by atoms with Crippen LogP contribution >= 0.6 is 0 Å². The van der Waals surface area contributed by atoms with E-state index in [1.54, 1.807) is 0 Å². The van der Waals surface area contributed by atoms with Gasteiger partial charge in [-0.3, -0.25) is 0 Å². The minimum Gasteiger partial charge on any atom is -0.874 e. The van der Waals surface area contributed by atoms with E-state index < -0.39 is 5.54 Å². The van der Waals surface area contributed by atoms with E-state index in [-0.39, 0.29) is 43.5 Å². The van der Waals surface area contributed by atoms with E-state index in [9.17, 15) is 5.11 Å². The maximum absolute atomic E-state index is 13.6. The Kier molecular flexibility index (Phi) is 12.2. The van der Waals surface area contributed by atoms with Gasteiger partial charge in [-0.25, -0.2) is 4.58 Å². The van der Waals surface area contributed by atoms with Gasteiger partial charge in [0.25, 0.3) is 0 Å². The van der Waals surface area contributed by atoms with E-state index in [1.165, 1.54) is 5.56 Å². The van der Waals surface area contributed by atoms with E-state index >= 15 is 0 Å². The first kappa shape index (κ1) is 27.1. The maximum atomic E-state index is 13.6. The Labute approximate surface area is 212 Å². The summed E-state index contributed by atoms with van der Waals surface area (Å²) >= 11 is 0. The van der Waals surface area contributed by atoms with E-state index in [0.717, 1.165) is 44.0 Å². The Morgan fingerprint density at radius 3 is 2.10 bits per heavy atom. The van der Waals surface area contributed by atoms with Crippen molar-refractivity contribution < 1.29 is 14.4 Å². The summed E-state index contributed by atoms with van der Waals surface area (Å²) in [5.41, 5.74) is 2.58. The van der Waals surface area contributed by atoms with Gasteiger partial charge in [0.1, 0.15) is 13.2 Å². The van der Waals surface area contributed by atoms with E-state index in [1.807, 2.05) is 58.3 Å². The zero-order valence-corrected chi connectivity index (χ0v) is 21.6. The number of likely N-dealkylation sites (N-methyl/N-ethyl adjacent to an activating group) is 1. The SMILES string of the molecule is CC.CCC(Cc1ccccc1)(C([O-])=C1C=CC(=[N+]2CCOCC2)C=C1)N(C)C.[Ca+2]. The third kappa shape index (κ3) is 6.54. The van der Waals surface area contributed by atoms with Gasteiger partial charge in [-0.2, -0.15) is 0 Å². The van der Waals surface area contributed by atoms with Crippen molar-refractivity contribution in [3.05, 3.63) is 71.5 Å². The molecule has 0 spiro atoms. The van der Waals surface area contributed by atoms with Gasteiger partial charge in [-0.05, 0) is 50.2 Å². The first-order valence-electron chi connectivity index (χ1n) is 10.8. The Morgan fingerprint density at radius 1 is 1.03 bits per heavy atom. The van der Waals surface area contributed by atoms with Crippen molar-refractivity contribution >= 4 is 43.4 Å². The van der Waals surface area contributed by atoms with Crippen molar-refractivity contribution in [3.63, 3.8) is 0 Å². The van der Waals surface area contributed by atoms with Crippen molar-refractivity contribution in [3.8, 4) is 0 Å². The van der Waals surface area contributed by atoms with Crippen LogP contribution in [0.3, 0.4) is 0 Å². The molecule has 0 radical (unpaired) electrons. The monoisotopic (exact) mass is 436 g/mol. The third-order valence-corrected chi connectivity index (χ3v) is 5.71. The second-order valence-electron chi connectivity index (χ2n) is 7.42. The van der Waals surface area contributed by atoms with E-state index in [0.29, 0.717) is 6.42 Å². The number of rotatable bonds is 5. The first-order chi connectivity index (χ1) is 14.1. The number of nitrogens with zero attached hydrogens (tertiary/aromatic N) is 2. The largest absolute Gasteiger partial charge is 2.00 e. The molecule has 1 unspecified atom stereocenters. The van der Waals surface area contributed by atoms with Crippen molar-refractivity contribution in [2.45, 2.75) is 39.2 Å². The van der Waals surface area contributed by atoms with Crippen LogP contribution in [0.25, 0.3) is 0 Å². The first-order valence-corrected chi connectivity index (χ1v) is 10.8. The van der Waals surface area contributed by atoms with Crippen LogP contribution in [-0.2, 0) is 11.2 Å². The van der Waals surface area contributed by atoms with Crippen LogP contribution in [-0.4, -0.2) is 98.9 Å². The van der Waals surface area contributed by atoms with E-state index in [4.69, 9.17) is 4.74 Å². The van der Waals surface area contributed by atoms with Crippen LogP contribution in [0.1, 0.15) is 32.8 Å². The number of morpholine rings is 1. The molecule has 1 saturated heterocycles. The third-order valence-electron chi connectivity index (χ3n) is 5.71. The summed E-state index contributed by atoms with van der Waals surface area (Å²) in [6.45, 7) is 9.42. The molecule has 1 atom stereocenters. The van der Waals surface area contributed by atoms with Crippen LogP contribution in [0.2, 0.25) is 0 Å². The minimum atomic E-state index is -0.540. The summed E-state index contributed by atoms with van der Waals surface area (Å²) in [5.74, 6) is 0.187. The molecule has 1 aromatic carbocycles. The van der Waals surface area contributed by atoms with Crippen LogP contribution in [0.4, 0.5) is 0 Å². The number of hydrogen-bond donors (Lipinski definition) is 0. The molecular weight excluding hydrogens is 400 g/mol. The summed E-state index contributed by atoms with van der Waals surface area (Å²) in [7, 11) is 4.01. The topological polar surface area (TPSA) is 38.5 Å². The van der Waals surface area contributed by atoms with Crippen molar-refractivity contribution in [2.24, 2.45) is 0 Å². The normalized spacial score (nSPS) is 17.7. The van der Waals surface area contributed by atoms with Crippen LogP contribution in [0.5, 0.6) is 0 Å². The standard InChI is InChI=1S/C23H30N2O2.C2H6.Ca/c1-4-23(24(2)3,18-19-8-6-5-7-9-19)22(26)20-10-12-21(13-11-20)25-14-16-27-17-15-25;1-2;/h5-13H,4,14-18H2,1-3H3;1-2H3;/q;;+2. The molecule has 0 saturated carbocycles. The zero-order valence-electron chi connectivity index (χ0n) is 19.4. The zero-order chi connectivity index (χ0) is 21.3. The van der Waals surface area contributed by atoms with Crippen molar-refractivity contribution in [2.75, 3.05) is 40.4 Å². The fourth-order valence-electron chi connectivity index (χ4n) is 3.89. The van der Waals surface area contributed by atoms with Crippen LogP contribution in [0, 0.1) is 0 Å². The predicted molar refractivity (Wildman–Crippen MR) is 125 cm³/mol. The fourth-order valence-corrected chi connectivity index (χ4v) is 3.89. The molecule has 1 aromatic rings. The Bertz CT molecular complexity index is 756. The molecule has 0 N–H and O–H groups in total. The second-order valence-corrected chi connectivity index (χ2v) is 7.42. The van der Waals surface area contributed by atoms with Gasteiger partial charge in [0, 0.05) is 17.7 Å². The molecule has 158 valence electrons. The summed E-state index contributed by atoms with van der Waals surface area (Å²) in [5, 5.41) is 13.6. The fraction of sp³-hybridized carbons (Fsp3) is 0.480. The molecule has 1 aliphatic carbocycles. The molecule has 4 nitrogen and oxygen atoms in total. The average molecular weight is 437 g/mol. The summed E-state index contributed by atoms with van der Waals surface area (Å²) in [4.78, 5) is 2.08. The van der Waals surface area contributed by atoms with Gasteiger partial charge in [0.2, 0.25) is 0 Å². The molecule has 1 heterocycles. The summed E-state index contributed by atoms with van der Waals surface area (Å²) in [6, 6.07) is 10.3.